The summed E-state index contributed by atoms with van der Waals surface area (Å²) in [7, 11) is 0. The van der Waals surface area contributed by atoms with Crippen LogP contribution in [0.5, 0.6) is 0 Å². The lowest BCUT2D eigenvalue weighted by molar-refractivity contribution is 0.0571. The zero-order valence-corrected chi connectivity index (χ0v) is 17.6. The number of amides is 1. The van der Waals surface area contributed by atoms with Crippen LogP contribution in [-0.2, 0) is 10.3 Å². The van der Waals surface area contributed by atoms with Crippen LogP contribution in [0.3, 0.4) is 0 Å². The molecule has 6 nitrogen and oxygen atoms in total. The first-order valence-corrected chi connectivity index (χ1v) is 10.3. The second kappa shape index (κ2) is 7.33. The Kier molecular flexibility index (Phi) is 4.95. The molecule has 30 heavy (non-hydrogen) atoms. The van der Waals surface area contributed by atoms with Crippen LogP contribution in [0.1, 0.15) is 50.7 Å². The predicted molar refractivity (Wildman–Crippen MR) is 115 cm³/mol. The first-order valence-electron chi connectivity index (χ1n) is 10.3. The molecule has 1 N–H and O–H groups in total. The third-order valence-electron chi connectivity index (χ3n) is 6.01. The highest BCUT2D eigenvalue weighted by Crippen LogP contribution is 2.59. The highest BCUT2D eigenvalue weighted by atomic mass is 16.6. The normalized spacial score (nSPS) is 22.0. The van der Waals surface area contributed by atoms with Crippen molar-refractivity contribution in [3.8, 4) is 6.07 Å². The Bertz CT molecular complexity index is 1010. The number of benzene rings is 2. The number of ether oxygens (including phenoxy) is 1. The molecule has 0 aromatic heterocycles. The zero-order valence-electron chi connectivity index (χ0n) is 17.6. The molecule has 2 aromatic rings. The number of aliphatic hydroxyl groups is 1. The number of hydrogen-bond donors (Lipinski definition) is 1. The summed E-state index contributed by atoms with van der Waals surface area (Å²) in [6, 6.07) is 18.1. The zero-order chi connectivity index (χ0) is 21.5. The van der Waals surface area contributed by atoms with Crippen molar-refractivity contribution in [3.63, 3.8) is 0 Å². The molecule has 2 aliphatic heterocycles. The number of fused-ring (bicyclic) bond motifs is 5. The van der Waals surface area contributed by atoms with Gasteiger partial charge in [0.25, 0.3) is 0 Å². The van der Waals surface area contributed by atoms with Gasteiger partial charge in [-0.3, -0.25) is 4.90 Å². The number of hydrogen-bond acceptors (Lipinski definition) is 5. The van der Waals surface area contributed by atoms with E-state index in [-0.39, 0.29) is 12.5 Å². The molecule has 0 aliphatic carbocycles. The second-order valence-corrected chi connectivity index (χ2v) is 8.87. The van der Waals surface area contributed by atoms with Gasteiger partial charge in [-0.1, -0.05) is 36.4 Å². The van der Waals surface area contributed by atoms with Crippen molar-refractivity contribution in [3.05, 3.63) is 59.7 Å². The number of anilines is 2. The molecule has 0 bridgehead atoms. The van der Waals surface area contributed by atoms with Gasteiger partial charge in [0.1, 0.15) is 12.3 Å². The van der Waals surface area contributed by atoms with Gasteiger partial charge in [0.05, 0.1) is 17.3 Å². The summed E-state index contributed by atoms with van der Waals surface area (Å²) in [5, 5.41) is 19.7. The molecule has 2 atom stereocenters. The molecule has 0 unspecified atom stereocenters. The fraction of sp³-hybridized carbons (Fsp3) is 0.417. The standard InChI is InChI=1S/C24H27N3O3/c1-23(2,3)30-22(29)26-16-27-20-10-6-4-8-17(20)18(12-14-25)24(27,13-15-28)19-9-5-7-11-21(19)26/h4-11,18,28H,12-13,15-16H2,1-3H3/t18-,24-/m1/s1. The van der Waals surface area contributed by atoms with Gasteiger partial charge in [0.15, 0.2) is 0 Å². The Hall–Kier alpha value is -3.04. The Morgan fingerprint density at radius 1 is 1.20 bits per heavy atom. The van der Waals surface area contributed by atoms with E-state index in [1.54, 1.807) is 4.90 Å². The molecular weight excluding hydrogens is 378 g/mol. The molecule has 2 aromatic carbocycles. The summed E-state index contributed by atoms with van der Waals surface area (Å²) in [6.07, 6.45) is 0.385. The van der Waals surface area contributed by atoms with Gasteiger partial charge >= 0.3 is 6.09 Å². The molecule has 0 fully saturated rings. The number of nitriles is 1. The summed E-state index contributed by atoms with van der Waals surface area (Å²) in [6.45, 7) is 5.83. The van der Waals surface area contributed by atoms with E-state index in [9.17, 15) is 15.2 Å². The van der Waals surface area contributed by atoms with Crippen molar-refractivity contribution < 1.29 is 14.6 Å². The molecule has 2 aliphatic rings. The lowest BCUT2D eigenvalue weighted by Gasteiger charge is -2.51. The average Bonchev–Trinajstić information content (AvgIpc) is 2.97. The molecule has 1 amide bonds. The molecule has 6 heteroatoms. The molecule has 0 spiro atoms. The first kappa shape index (κ1) is 20.2. The maximum atomic E-state index is 13.1. The van der Waals surface area contributed by atoms with Crippen molar-refractivity contribution in [2.45, 2.75) is 50.7 Å². The molecule has 2 heterocycles. The van der Waals surface area contributed by atoms with Gasteiger partial charge < -0.3 is 14.7 Å². The number of carbonyl (C=O) groups is 1. The molecule has 156 valence electrons. The first-order chi connectivity index (χ1) is 14.3. The van der Waals surface area contributed by atoms with E-state index in [1.807, 2.05) is 63.2 Å². The van der Waals surface area contributed by atoms with Gasteiger partial charge in [-0.05, 0) is 44.9 Å². The van der Waals surface area contributed by atoms with Crippen LogP contribution in [0.25, 0.3) is 0 Å². The molecule has 4 rings (SSSR count). The molecule has 0 radical (unpaired) electrons. The summed E-state index contributed by atoms with van der Waals surface area (Å²) in [5.74, 6) is -0.104. The number of aliphatic hydroxyl groups excluding tert-OH is 1. The quantitative estimate of drug-likeness (QED) is 0.814. The summed E-state index contributed by atoms with van der Waals surface area (Å²) >= 11 is 0. The second-order valence-electron chi connectivity index (χ2n) is 8.87. The van der Waals surface area contributed by atoms with Crippen LogP contribution < -0.4 is 9.80 Å². The van der Waals surface area contributed by atoms with E-state index in [1.165, 1.54) is 0 Å². The third-order valence-corrected chi connectivity index (χ3v) is 6.01. The van der Waals surface area contributed by atoms with E-state index in [0.717, 1.165) is 22.5 Å². The van der Waals surface area contributed by atoms with Crippen LogP contribution in [0.2, 0.25) is 0 Å². The van der Waals surface area contributed by atoms with Crippen molar-refractivity contribution in [1.82, 2.24) is 0 Å². The van der Waals surface area contributed by atoms with Gasteiger partial charge in [0.2, 0.25) is 0 Å². The lowest BCUT2D eigenvalue weighted by Crippen LogP contribution is -2.58. The number of rotatable bonds is 3. The van der Waals surface area contributed by atoms with Crippen LogP contribution in [-0.4, -0.2) is 30.1 Å². The summed E-state index contributed by atoms with van der Waals surface area (Å²) in [5.41, 5.74) is 2.57. The number of para-hydroxylation sites is 2. The number of nitrogens with zero attached hydrogens (tertiary/aromatic N) is 3. The maximum absolute atomic E-state index is 13.1. The van der Waals surface area contributed by atoms with E-state index < -0.39 is 17.2 Å². The smallest absolute Gasteiger partial charge is 0.416 e. The highest BCUT2D eigenvalue weighted by molar-refractivity contribution is 5.92. The summed E-state index contributed by atoms with van der Waals surface area (Å²) < 4.78 is 5.70. The Labute approximate surface area is 177 Å². The van der Waals surface area contributed by atoms with E-state index in [0.29, 0.717) is 19.5 Å². The van der Waals surface area contributed by atoms with E-state index >= 15 is 0 Å². The van der Waals surface area contributed by atoms with Crippen molar-refractivity contribution in [2.75, 3.05) is 23.1 Å². The van der Waals surface area contributed by atoms with Gasteiger partial charge in [-0.15, -0.1) is 0 Å². The Morgan fingerprint density at radius 3 is 2.53 bits per heavy atom. The van der Waals surface area contributed by atoms with Crippen molar-refractivity contribution in [2.24, 2.45) is 0 Å². The summed E-state index contributed by atoms with van der Waals surface area (Å²) in [4.78, 5) is 16.9. The number of carbonyl (C=O) groups excluding carboxylic acids is 1. The predicted octanol–water partition coefficient (Wildman–Crippen LogP) is 4.49. The largest absolute Gasteiger partial charge is 0.443 e. The highest BCUT2D eigenvalue weighted by Gasteiger charge is 2.56. The SMILES string of the molecule is CC(C)(C)OC(=O)N1CN2c3ccccc3[C@@H](CC#N)[C@]2(CCO)c2ccccc21. The lowest BCUT2D eigenvalue weighted by atomic mass is 9.72. The fourth-order valence-corrected chi connectivity index (χ4v) is 4.97. The topological polar surface area (TPSA) is 76.8 Å². The minimum absolute atomic E-state index is 0.0206. The maximum Gasteiger partial charge on any atom is 0.416 e. The van der Waals surface area contributed by atoms with E-state index in [2.05, 4.69) is 17.0 Å². The van der Waals surface area contributed by atoms with Gasteiger partial charge in [0, 0.05) is 30.2 Å². The Morgan fingerprint density at radius 2 is 1.87 bits per heavy atom. The minimum atomic E-state index is -0.613. The van der Waals surface area contributed by atoms with Gasteiger partial charge in [-0.25, -0.2) is 4.79 Å². The fourth-order valence-electron chi connectivity index (χ4n) is 4.97. The van der Waals surface area contributed by atoms with E-state index in [4.69, 9.17) is 4.74 Å². The van der Waals surface area contributed by atoms with Crippen molar-refractivity contribution in [1.29, 1.82) is 5.26 Å². The Balaban J connectivity index is 1.93. The van der Waals surface area contributed by atoms with Crippen LogP contribution in [0, 0.1) is 11.3 Å². The van der Waals surface area contributed by atoms with Crippen molar-refractivity contribution >= 4 is 17.5 Å². The average molecular weight is 405 g/mol. The molecule has 0 saturated carbocycles. The van der Waals surface area contributed by atoms with Crippen LogP contribution >= 0.6 is 0 Å². The monoisotopic (exact) mass is 405 g/mol. The van der Waals surface area contributed by atoms with Crippen LogP contribution in [0.4, 0.5) is 16.2 Å². The molecular formula is C24H27N3O3. The third kappa shape index (κ3) is 3.01. The van der Waals surface area contributed by atoms with Gasteiger partial charge in [-0.2, -0.15) is 5.26 Å². The minimum Gasteiger partial charge on any atom is -0.443 e. The molecule has 0 saturated heterocycles. The van der Waals surface area contributed by atoms with Crippen LogP contribution in [0.15, 0.2) is 48.5 Å².